The second-order valence-electron chi connectivity index (χ2n) is 5.57. The van der Waals surface area contributed by atoms with Crippen molar-refractivity contribution in [3.8, 4) is 5.75 Å². The van der Waals surface area contributed by atoms with Crippen molar-refractivity contribution in [3.05, 3.63) is 44.9 Å². The highest BCUT2D eigenvalue weighted by molar-refractivity contribution is 8.06. The molecule has 4 nitrogen and oxygen atoms in total. The molecule has 6 heteroatoms. The van der Waals surface area contributed by atoms with Gasteiger partial charge in [0.25, 0.3) is 5.91 Å². The summed E-state index contributed by atoms with van der Waals surface area (Å²) in [6, 6.07) is 5.14. The third-order valence-electron chi connectivity index (χ3n) is 3.85. The fourth-order valence-electron chi connectivity index (χ4n) is 2.40. The van der Waals surface area contributed by atoms with E-state index >= 15 is 0 Å². The molecule has 1 heterocycles. The van der Waals surface area contributed by atoms with Crippen LogP contribution in [0.4, 0.5) is 5.69 Å². The zero-order valence-corrected chi connectivity index (χ0v) is 16.1. The minimum Gasteiger partial charge on any atom is -0.495 e. The fourth-order valence-corrected chi connectivity index (χ4v) is 3.65. The van der Waals surface area contributed by atoms with Crippen LogP contribution in [0.1, 0.15) is 33.6 Å². The van der Waals surface area contributed by atoms with Gasteiger partial charge in [-0.25, -0.2) is 0 Å². The molecule has 0 unspecified atom stereocenters. The van der Waals surface area contributed by atoms with Gasteiger partial charge < -0.3 is 15.0 Å². The van der Waals surface area contributed by atoms with Crippen molar-refractivity contribution < 1.29 is 9.53 Å². The molecule has 130 valence electrons. The standard InChI is InChI=1S/C18H23ClN2O2S/c1-5-6-9-21-12(2)13(3)24-18(21)11-17(22)20-15-10-14(19)7-8-16(15)23-4/h7-8,10-11H,5-6,9H2,1-4H3,(H,20,22). The predicted octanol–water partition coefficient (Wildman–Crippen LogP) is 5.23. The monoisotopic (exact) mass is 366 g/mol. The van der Waals surface area contributed by atoms with Crippen LogP contribution in [0.15, 0.2) is 39.9 Å². The summed E-state index contributed by atoms with van der Waals surface area (Å²) in [5, 5.41) is 4.36. The number of carbonyl (C=O) groups excluding carboxylic acids is 1. The third kappa shape index (κ3) is 4.48. The molecule has 0 aliphatic carbocycles. The van der Waals surface area contributed by atoms with Crippen molar-refractivity contribution in [2.24, 2.45) is 0 Å². The van der Waals surface area contributed by atoms with Crippen LogP contribution >= 0.6 is 23.4 Å². The molecular formula is C18H23ClN2O2S. The first-order chi connectivity index (χ1) is 11.5. The first-order valence-corrected chi connectivity index (χ1v) is 9.14. The number of unbranched alkanes of at least 4 members (excludes halogenated alkanes) is 1. The number of amides is 1. The summed E-state index contributed by atoms with van der Waals surface area (Å²) in [7, 11) is 1.56. The lowest BCUT2D eigenvalue weighted by molar-refractivity contribution is -0.112. The number of thioether (sulfide) groups is 1. The number of nitrogens with zero attached hydrogens (tertiary/aromatic N) is 1. The molecule has 1 N–H and O–H groups in total. The van der Waals surface area contributed by atoms with Gasteiger partial charge in [-0.15, -0.1) is 0 Å². The number of allylic oxidation sites excluding steroid dienone is 2. The number of anilines is 1. The van der Waals surface area contributed by atoms with Crippen LogP contribution in [0.25, 0.3) is 0 Å². The third-order valence-corrected chi connectivity index (χ3v) is 5.23. The second-order valence-corrected chi connectivity index (χ2v) is 7.24. The highest BCUT2D eigenvalue weighted by atomic mass is 35.5. The summed E-state index contributed by atoms with van der Waals surface area (Å²) in [6.45, 7) is 7.26. The average Bonchev–Trinajstić information content (AvgIpc) is 2.79. The van der Waals surface area contributed by atoms with Crippen LogP contribution in [-0.4, -0.2) is 24.5 Å². The number of hydrogen-bond acceptors (Lipinski definition) is 4. The van der Waals surface area contributed by atoms with Gasteiger partial charge in [0.1, 0.15) is 5.75 Å². The molecule has 1 aromatic carbocycles. The number of rotatable bonds is 6. The topological polar surface area (TPSA) is 41.6 Å². The van der Waals surface area contributed by atoms with Crippen LogP contribution in [0.5, 0.6) is 5.75 Å². The number of benzene rings is 1. The van der Waals surface area contributed by atoms with E-state index in [0.717, 1.165) is 24.4 Å². The van der Waals surface area contributed by atoms with Crippen molar-refractivity contribution in [2.45, 2.75) is 33.6 Å². The maximum atomic E-state index is 12.4. The molecule has 24 heavy (non-hydrogen) atoms. The van der Waals surface area contributed by atoms with Gasteiger partial charge >= 0.3 is 0 Å². The minimum absolute atomic E-state index is 0.193. The lowest BCUT2D eigenvalue weighted by Crippen LogP contribution is -2.19. The van der Waals surface area contributed by atoms with E-state index in [1.807, 2.05) is 0 Å². The van der Waals surface area contributed by atoms with E-state index in [-0.39, 0.29) is 5.91 Å². The van der Waals surface area contributed by atoms with Gasteiger partial charge in [-0.2, -0.15) is 0 Å². The largest absolute Gasteiger partial charge is 0.495 e. The molecule has 1 aromatic rings. The number of hydrogen-bond donors (Lipinski definition) is 1. The SMILES string of the molecule is CCCCN1C(=CC(=O)Nc2cc(Cl)ccc2OC)SC(C)=C1C. The van der Waals surface area contributed by atoms with Crippen molar-refractivity contribution >= 4 is 35.0 Å². The Hall–Kier alpha value is -1.59. The van der Waals surface area contributed by atoms with E-state index < -0.39 is 0 Å². The second kappa shape index (κ2) is 8.49. The van der Waals surface area contributed by atoms with E-state index in [4.69, 9.17) is 16.3 Å². The molecule has 1 aliphatic rings. The van der Waals surface area contributed by atoms with Gasteiger partial charge in [0.15, 0.2) is 0 Å². The molecule has 0 fully saturated rings. The minimum atomic E-state index is -0.193. The number of methoxy groups -OCH3 is 1. The Morgan fingerprint density at radius 3 is 2.83 bits per heavy atom. The number of ether oxygens (including phenoxy) is 1. The zero-order valence-electron chi connectivity index (χ0n) is 14.5. The summed E-state index contributed by atoms with van der Waals surface area (Å²) >= 11 is 7.64. The van der Waals surface area contributed by atoms with Crippen LogP contribution in [0.2, 0.25) is 5.02 Å². The number of halogens is 1. The maximum absolute atomic E-state index is 12.4. The van der Waals surface area contributed by atoms with Gasteiger partial charge in [-0.3, -0.25) is 4.79 Å². The Morgan fingerprint density at radius 1 is 1.42 bits per heavy atom. The first-order valence-electron chi connectivity index (χ1n) is 7.95. The lowest BCUT2D eigenvalue weighted by atomic mass is 10.2. The molecule has 0 radical (unpaired) electrons. The van der Waals surface area contributed by atoms with Gasteiger partial charge in [0.2, 0.25) is 0 Å². The Kier molecular flexibility index (Phi) is 6.63. The van der Waals surface area contributed by atoms with Crippen LogP contribution in [0, 0.1) is 0 Å². The maximum Gasteiger partial charge on any atom is 0.251 e. The molecule has 1 amide bonds. The summed E-state index contributed by atoms with van der Waals surface area (Å²) < 4.78 is 5.26. The molecule has 0 spiro atoms. The fraction of sp³-hybridized carbons (Fsp3) is 0.389. The summed E-state index contributed by atoms with van der Waals surface area (Å²) in [6.07, 6.45) is 3.85. The van der Waals surface area contributed by atoms with E-state index in [1.54, 1.807) is 43.1 Å². The number of nitrogens with one attached hydrogen (secondary N) is 1. The highest BCUT2D eigenvalue weighted by Crippen LogP contribution is 2.40. The molecule has 0 saturated carbocycles. The molecule has 1 aliphatic heterocycles. The molecule has 2 rings (SSSR count). The van der Waals surface area contributed by atoms with Gasteiger partial charge in [0.05, 0.1) is 17.8 Å². The summed E-state index contributed by atoms with van der Waals surface area (Å²) in [5.74, 6) is 0.389. The van der Waals surface area contributed by atoms with Crippen molar-refractivity contribution in [2.75, 3.05) is 19.0 Å². The van der Waals surface area contributed by atoms with Crippen LogP contribution in [0.3, 0.4) is 0 Å². The average molecular weight is 367 g/mol. The van der Waals surface area contributed by atoms with E-state index in [9.17, 15) is 4.79 Å². The van der Waals surface area contributed by atoms with Gasteiger partial charge in [-0.1, -0.05) is 36.7 Å². The summed E-state index contributed by atoms with van der Waals surface area (Å²) in [5.41, 5.74) is 1.78. The predicted molar refractivity (Wildman–Crippen MR) is 102 cm³/mol. The van der Waals surface area contributed by atoms with E-state index in [2.05, 4.69) is 31.0 Å². The smallest absolute Gasteiger partial charge is 0.251 e. The van der Waals surface area contributed by atoms with Crippen molar-refractivity contribution in [3.63, 3.8) is 0 Å². The molecule has 0 bridgehead atoms. The molecule has 0 saturated heterocycles. The van der Waals surface area contributed by atoms with Crippen LogP contribution in [-0.2, 0) is 4.79 Å². The molecule has 0 atom stereocenters. The van der Waals surface area contributed by atoms with Crippen molar-refractivity contribution in [1.82, 2.24) is 4.90 Å². The first kappa shape index (κ1) is 18.7. The molecule has 0 aromatic heterocycles. The lowest BCUT2D eigenvalue weighted by Gasteiger charge is -2.21. The van der Waals surface area contributed by atoms with Crippen molar-refractivity contribution in [1.29, 1.82) is 0 Å². The Balaban J connectivity index is 2.16. The van der Waals surface area contributed by atoms with E-state index in [0.29, 0.717) is 16.5 Å². The van der Waals surface area contributed by atoms with Crippen LogP contribution < -0.4 is 10.1 Å². The van der Waals surface area contributed by atoms with Gasteiger partial charge in [-0.05, 0) is 38.5 Å². The Bertz CT molecular complexity index is 686. The molecular weight excluding hydrogens is 344 g/mol. The quantitative estimate of drug-likeness (QED) is 0.700. The Labute approximate surface area is 152 Å². The zero-order chi connectivity index (χ0) is 17.7. The normalized spacial score (nSPS) is 16.0. The highest BCUT2D eigenvalue weighted by Gasteiger charge is 2.23. The summed E-state index contributed by atoms with van der Waals surface area (Å²) in [4.78, 5) is 15.9. The Morgan fingerprint density at radius 2 is 2.17 bits per heavy atom. The number of carbonyl (C=O) groups is 1. The van der Waals surface area contributed by atoms with E-state index in [1.165, 1.54) is 10.6 Å². The van der Waals surface area contributed by atoms with Gasteiger partial charge in [0, 0.05) is 28.2 Å².